The predicted molar refractivity (Wildman–Crippen MR) is 68.9 cm³/mol. The average molecular weight is 254 g/mol. The number of aromatic carboxylic acids is 1. The van der Waals surface area contributed by atoms with E-state index in [4.69, 9.17) is 16.7 Å². The zero-order valence-corrected chi connectivity index (χ0v) is 10.3. The second kappa shape index (κ2) is 5.41. The summed E-state index contributed by atoms with van der Waals surface area (Å²) in [5.74, 6) is -0.245. The standard InChI is InChI=1S/C13H16ClNO2/c14-12-7-10(5-6-11(12)13(16)17)15-8-9-3-1-2-4-9/h5-7,9,15H,1-4,8H2,(H,16,17). The number of rotatable bonds is 4. The van der Waals surface area contributed by atoms with E-state index in [0.29, 0.717) is 0 Å². The molecular formula is C13H16ClNO2. The fourth-order valence-electron chi connectivity index (χ4n) is 2.28. The first-order valence-electron chi connectivity index (χ1n) is 5.93. The molecule has 0 bridgehead atoms. The molecule has 17 heavy (non-hydrogen) atoms. The highest BCUT2D eigenvalue weighted by atomic mass is 35.5. The van der Waals surface area contributed by atoms with Crippen molar-refractivity contribution < 1.29 is 9.90 Å². The van der Waals surface area contributed by atoms with Crippen molar-refractivity contribution in [2.45, 2.75) is 25.7 Å². The van der Waals surface area contributed by atoms with Gasteiger partial charge in [-0.05, 0) is 37.0 Å². The summed E-state index contributed by atoms with van der Waals surface area (Å²) < 4.78 is 0. The molecule has 0 saturated heterocycles. The quantitative estimate of drug-likeness (QED) is 0.861. The minimum Gasteiger partial charge on any atom is -0.478 e. The number of carbonyl (C=O) groups is 1. The lowest BCUT2D eigenvalue weighted by Gasteiger charge is -2.12. The Morgan fingerprint density at radius 1 is 1.41 bits per heavy atom. The highest BCUT2D eigenvalue weighted by Gasteiger charge is 2.15. The van der Waals surface area contributed by atoms with Gasteiger partial charge in [0.25, 0.3) is 0 Å². The van der Waals surface area contributed by atoms with E-state index in [1.165, 1.54) is 25.7 Å². The molecule has 1 saturated carbocycles. The first kappa shape index (κ1) is 12.2. The van der Waals surface area contributed by atoms with Crippen LogP contribution in [-0.2, 0) is 0 Å². The van der Waals surface area contributed by atoms with Crippen molar-refractivity contribution in [2.24, 2.45) is 5.92 Å². The van der Waals surface area contributed by atoms with Crippen LogP contribution in [0.4, 0.5) is 5.69 Å². The molecule has 0 spiro atoms. The number of carboxylic acids is 1. The normalized spacial score (nSPS) is 16.1. The van der Waals surface area contributed by atoms with Gasteiger partial charge in [0.15, 0.2) is 0 Å². The van der Waals surface area contributed by atoms with Crippen LogP contribution >= 0.6 is 11.6 Å². The zero-order chi connectivity index (χ0) is 12.3. The van der Waals surface area contributed by atoms with Crippen molar-refractivity contribution in [1.82, 2.24) is 0 Å². The Morgan fingerprint density at radius 3 is 2.71 bits per heavy atom. The molecule has 92 valence electrons. The van der Waals surface area contributed by atoms with Gasteiger partial charge in [-0.3, -0.25) is 0 Å². The molecule has 1 fully saturated rings. The van der Waals surface area contributed by atoms with E-state index in [1.54, 1.807) is 18.2 Å². The summed E-state index contributed by atoms with van der Waals surface area (Å²) in [7, 11) is 0. The first-order valence-corrected chi connectivity index (χ1v) is 6.31. The van der Waals surface area contributed by atoms with Crippen LogP contribution in [0.1, 0.15) is 36.0 Å². The van der Waals surface area contributed by atoms with E-state index >= 15 is 0 Å². The third-order valence-electron chi connectivity index (χ3n) is 3.27. The molecule has 2 rings (SSSR count). The second-order valence-corrected chi connectivity index (χ2v) is 4.94. The number of carboxylic acid groups (broad SMARTS) is 1. The molecule has 0 aliphatic heterocycles. The van der Waals surface area contributed by atoms with Crippen molar-refractivity contribution in [1.29, 1.82) is 0 Å². The fraction of sp³-hybridized carbons (Fsp3) is 0.462. The smallest absolute Gasteiger partial charge is 0.337 e. The van der Waals surface area contributed by atoms with Gasteiger partial charge >= 0.3 is 5.97 Å². The lowest BCUT2D eigenvalue weighted by Crippen LogP contribution is -2.11. The van der Waals surface area contributed by atoms with Crippen LogP contribution < -0.4 is 5.32 Å². The van der Waals surface area contributed by atoms with E-state index < -0.39 is 5.97 Å². The number of anilines is 1. The molecule has 1 aromatic carbocycles. The van der Waals surface area contributed by atoms with Crippen LogP contribution in [0.15, 0.2) is 18.2 Å². The molecule has 0 atom stereocenters. The molecule has 1 aromatic rings. The Bertz CT molecular complexity index is 414. The van der Waals surface area contributed by atoms with Crippen LogP contribution in [0.5, 0.6) is 0 Å². The van der Waals surface area contributed by atoms with Gasteiger partial charge in [-0.25, -0.2) is 4.79 Å². The molecule has 1 aliphatic rings. The predicted octanol–water partition coefficient (Wildman–Crippen LogP) is 3.64. The largest absolute Gasteiger partial charge is 0.478 e. The minimum atomic E-state index is -0.989. The van der Waals surface area contributed by atoms with Crippen molar-refractivity contribution in [3.8, 4) is 0 Å². The number of halogens is 1. The molecule has 1 aliphatic carbocycles. The maximum atomic E-state index is 10.8. The van der Waals surface area contributed by atoms with Gasteiger partial charge in [-0.15, -0.1) is 0 Å². The van der Waals surface area contributed by atoms with Gasteiger partial charge in [0, 0.05) is 12.2 Å². The van der Waals surface area contributed by atoms with E-state index in [1.807, 2.05) is 0 Å². The highest BCUT2D eigenvalue weighted by molar-refractivity contribution is 6.33. The molecular weight excluding hydrogens is 238 g/mol. The molecule has 0 radical (unpaired) electrons. The van der Waals surface area contributed by atoms with E-state index in [9.17, 15) is 4.79 Å². The van der Waals surface area contributed by atoms with Crippen molar-refractivity contribution >= 4 is 23.3 Å². The molecule has 4 heteroatoms. The Labute approximate surface area is 106 Å². The Balaban J connectivity index is 1.97. The monoisotopic (exact) mass is 253 g/mol. The summed E-state index contributed by atoms with van der Waals surface area (Å²) in [6.45, 7) is 0.947. The van der Waals surface area contributed by atoms with E-state index in [2.05, 4.69) is 5.32 Å². The van der Waals surface area contributed by atoms with Gasteiger partial charge in [0.2, 0.25) is 0 Å². The van der Waals surface area contributed by atoms with Gasteiger partial charge in [-0.2, -0.15) is 0 Å². The molecule has 0 aromatic heterocycles. The van der Waals surface area contributed by atoms with Gasteiger partial charge in [-0.1, -0.05) is 24.4 Å². The lowest BCUT2D eigenvalue weighted by molar-refractivity contribution is 0.0697. The van der Waals surface area contributed by atoms with Crippen LogP contribution in [0.3, 0.4) is 0 Å². The highest BCUT2D eigenvalue weighted by Crippen LogP contribution is 2.26. The number of benzene rings is 1. The van der Waals surface area contributed by atoms with Crippen LogP contribution in [0.25, 0.3) is 0 Å². The summed E-state index contributed by atoms with van der Waals surface area (Å²) in [6.07, 6.45) is 5.22. The Kier molecular flexibility index (Phi) is 3.89. The van der Waals surface area contributed by atoms with E-state index in [0.717, 1.165) is 18.2 Å². The lowest BCUT2D eigenvalue weighted by atomic mass is 10.1. The minimum absolute atomic E-state index is 0.151. The SMILES string of the molecule is O=C(O)c1ccc(NCC2CCCC2)cc1Cl. The topological polar surface area (TPSA) is 49.3 Å². The zero-order valence-electron chi connectivity index (χ0n) is 9.58. The van der Waals surface area contributed by atoms with Crippen molar-refractivity contribution in [3.63, 3.8) is 0 Å². The van der Waals surface area contributed by atoms with Crippen LogP contribution in [0, 0.1) is 5.92 Å². The summed E-state index contributed by atoms with van der Waals surface area (Å²) >= 11 is 5.90. The summed E-state index contributed by atoms with van der Waals surface area (Å²) in [6, 6.07) is 4.99. The van der Waals surface area contributed by atoms with Gasteiger partial charge < -0.3 is 10.4 Å². The second-order valence-electron chi connectivity index (χ2n) is 4.53. The molecule has 0 amide bonds. The summed E-state index contributed by atoms with van der Waals surface area (Å²) in [4.78, 5) is 10.8. The maximum absolute atomic E-state index is 10.8. The maximum Gasteiger partial charge on any atom is 0.337 e. The first-order chi connectivity index (χ1) is 8.16. The number of nitrogens with one attached hydrogen (secondary N) is 1. The fourth-order valence-corrected chi connectivity index (χ4v) is 2.54. The van der Waals surface area contributed by atoms with Crippen LogP contribution in [0.2, 0.25) is 5.02 Å². The molecule has 2 N–H and O–H groups in total. The number of hydrogen-bond acceptors (Lipinski definition) is 2. The summed E-state index contributed by atoms with van der Waals surface area (Å²) in [5.41, 5.74) is 1.05. The van der Waals surface area contributed by atoms with Gasteiger partial charge in [0.05, 0.1) is 10.6 Å². The van der Waals surface area contributed by atoms with Crippen molar-refractivity contribution in [3.05, 3.63) is 28.8 Å². The van der Waals surface area contributed by atoms with Gasteiger partial charge in [0.1, 0.15) is 0 Å². The Morgan fingerprint density at radius 2 is 2.12 bits per heavy atom. The Hall–Kier alpha value is -1.22. The van der Waals surface area contributed by atoms with Crippen LogP contribution in [-0.4, -0.2) is 17.6 Å². The summed E-state index contributed by atoms with van der Waals surface area (Å²) in [5, 5.41) is 12.5. The molecule has 3 nitrogen and oxygen atoms in total. The molecule has 0 unspecified atom stereocenters. The third-order valence-corrected chi connectivity index (χ3v) is 3.58. The third kappa shape index (κ3) is 3.13. The number of hydrogen-bond donors (Lipinski definition) is 2. The van der Waals surface area contributed by atoms with E-state index in [-0.39, 0.29) is 10.6 Å². The van der Waals surface area contributed by atoms with Crippen molar-refractivity contribution in [2.75, 3.05) is 11.9 Å². The average Bonchev–Trinajstić information content (AvgIpc) is 2.78. The molecule has 0 heterocycles.